The molecule has 0 unspecified atom stereocenters. The Kier molecular flexibility index (Phi) is 6.65. The summed E-state index contributed by atoms with van der Waals surface area (Å²) in [6, 6.07) is 15.1. The van der Waals surface area contributed by atoms with E-state index in [4.69, 9.17) is 4.74 Å². The van der Waals surface area contributed by atoms with Gasteiger partial charge in [-0.3, -0.25) is 9.59 Å². The fraction of sp³-hybridized carbons (Fsp3) is 0.348. The number of hydrogen-bond acceptors (Lipinski definition) is 4. The Morgan fingerprint density at radius 1 is 1.17 bits per heavy atom. The second-order valence-corrected chi connectivity index (χ2v) is 7.41. The lowest BCUT2D eigenvalue weighted by molar-refractivity contribution is -0.133. The van der Waals surface area contributed by atoms with Gasteiger partial charge in [0.25, 0.3) is 5.56 Å². The number of rotatable bonds is 8. The van der Waals surface area contributed by atoms with Crippen LogP contribution in [-0.4, -0.2) is 33.4 Å². The molecule has 1 aromatic heterocycles. The summed E-state index contributed by atoms with van der Waals surface area (Å²) in [5.41, 5.74) is 1.59. The van der Waals surface area contributed by atoms with E-state index in [-0.39, 0.29) is 24.1 Å². The minimum absolute atomic E-state index is 0.00281. The fourth-order valence-corrected chi connectivity index (χ4v) is 3.19. The number of ether oxygens (including phenoxy) is 1. The number of aryl methyl sites for hydroxylation is 1. The highest BCUT2D eigenvalue weighted by molar-refractivity contribution is 5.78. The molecule has 3 aromatic rings. The zero-order valence-corrected chi connectivity index (χ0v) is 17.1. The highest BCUT2D eigenvalue weighted by Gasteiger charge is 2.18. The number of nitrogens with one attached hydrogen (secondary N) is 1. The summed E-state index contributed by atoms with van der Waals surface area (Å²) >= 11 is 0. The summed E-state index contributed by atoms with van der Waals surface area (Å²) in [7, 11) is 0. The van der Waals surface area contributed by atoms with Gasteiger partial charge in [0.1, 0.15) is 11.6 Å². The number of para-hydroxylation sites is 1. The quantitative estimate of drug-likeness (QED) is 0.590. The third-order valence-corrected chi connectivity index (χ3v) is 4.72. The molecule has 0 saturated carbocycles. The highest BCUT2D eigenvalue weighted by atomic mass is 16.5. The number of hydrogen-bond donors (Lipinski definition) is 1. The van der Waals surface area contributed by atoms with Crippen LogP contribution in [-0.2, 0) is 11.3 Å². The van der Waals surface area contributed by atoms with Gasteiger partial charge in [-0.05, 0) is 57.0 Å². The molecule has 0 fully saturated rings. The second-order valence-electron chi connectivity index (χ2n) is 7.41. The van der Waals surface area contributed by atoms with E-state index in [2.05, 4.69) is 9.97 Å². The molecule has 1 amide bonds. The Morgan fingerprint density at radius 3 is 2.72 bits per heavy atom. The molecule has 6 nitrogen and oxygen atoms in total. The summed E-state index contributed by atoms with van der Waals surface area (Å²) in [6.45, 7) is 6.68. The van der Waals surface area contributed by atoms with Crippen molar-refractivity contribution in [2.45, 2.75) is 46.2 Å². The summed E-state index contributed by atoms with van der Waals surface area (Å²) in [6.07, 6.45) is 0.999. The van der Waals surface area contributed by atoms with Crippen LogP contribution in [0.4, 0.5) is 0 Å². The second kappa shape index (κ2) is 9.37. The van der Waals surface area contributed by atoms with Crippen molar-refractivity contribution < 1.29 is 9.53 Å². The van der Waals surface area contributed by atoms with Gasteiger partial charge in [-0.25, -0.2) is 4.98 Å². The van der Waals surface area contributed by atoms with E-state index in [1.165, 1.54) is 0 Å². The maximum Gasteiger partial charge on any atom is 0.258 e. The van der Waals surface area contributed by atoms with Gasteiger partial charge < -0.3 is 14.6 Å². The third kappa shape index (κ3) is 5.44. The van der Waals surface area contributed by atoms with Crippen LogP contribution < -0.4 is 10.3 Å². The molecule has 152 valence electrons. The smallest absolute Gasteiger partial charge is 0.258 e. The van der Waals surface area contributed by atoms with Crippen LogP contribution >= 0.6 is 0 Å². The van der Waals surface area contributed by atoms with Gasteiger partial charge >= 0.3 is 0 Å². The first-order valence-electron chi connectivity index (χ1n) is 9.91. The van der Waals surface area contributed by atoms with Crippen molar-refractivity contribution >= 4 is 16.8 Å². The molecule has 0 aliphatic rings. The normalized spacial score (nSPS) is 11.0. The first-order valence-corrected chi connectivity index (χ1v) is 9.91. The third-order valence-electron chi connectivity index (χ3n) is 4.72. The van der Waals surface area contributed by atoms with Crippen LogP contribution in [0.15, 0.2) is 53.3 Å². The number of aromatic amines is 1. The van der Waals surface area contributed by atoms with E-state index in [1.807, 2.05) is 57.2 Å². The Bertz CT molecular complexity index is 1040. The largest absolute Gasteiger partial charge is 0.494 e. The van der Waals surface area contributed by atoms with Gasteiger partial charge in [0.15, 0.2) is 0 Å². The molecule has 0 saturated heterocycles. The van der Waals surface area contributed by atoms with Gasteiger partial charge in [0, 0.05) is 12.5 Å². The van der Waals surface area contributed by atoms with Gasteiger partial charge in [-0.15, -0.1) is 0 Å². The number of H-pyrrole nitrogens is 1. The van der Waals surface area contributed by atoms with E-state index in [0.29, 0.717) is 36.2 Å². The van der Waals surface area contributed by atoms with Gasteiger partial charge in [0.05, 0.1) is 24.1 Å². The van der Waals surface area contributed by atoms with Crippen molar-refractivity contribution in [2.75, 3.05) is 6.61 Å². The molecule has 29 heavy (non-hydrogen) atoms. The van der Waals surface area contributed by atoms with E-state index in [9.17, 15) is 9.59 Å². The van der Waals surface area contributed by atoms with Crippen LogP contribution in [0.1, 0.15) is 38.1 Å². The minimum atomic E-state index is -0.187. The van der Waals surface area contributed by atoms with E-state index < -0.39 is 0 Å². The summed E-state index contributed by atoms with van der Waals surface area (Å²) in [4.78, 5) is 34.1. The molecule has 3 rings (SSSR count). The average molecular weight is 393 g/mol. The topological polar surface area (TPSA) is 75.3 Å². The number of aromatic nitrogens is 2. The van der Waals surface area contributed by atoms with Gasteiger partial charge in [-0.1, -0.05) is 24.3 Å². The number of amides is 1. The van der Waals surface area contributed by atoms with Crippen molar-refractivity contribution in [3.8, 4) is 5.75 Å². The van der Waals surface area contributed by atoms with Crippen molar-refractivity contribution in [3.63, 3.8) is 0 Å². The van der Waals surface area contributed by atoms with Crippen LogP contribution in [0.5, 0.6) is 5.75 Å². The van der Waals surface area contributed by atoms with Crippen molar-refractivity contribution in [1.29, 1.82) is 0 Å². The predicted molar refractivity (Wildman–Crippen MR) is 114 cm³/mol. The maximum absolute atomic E-state index is 12.8. The molecule has 1 N–H and O–H groups in total. The molecular weight excluding hydrogens is 366 g/mol. The van der Waals surface area contributed by atoms with Crippen LogP contribution in [0.2, 0.25) is 0 Å². The highest BCUT2D eigenvalue weighted by Crippen LogP contribution is 2.14. The SMILES string of the molecule is Cc1cccc(OCCCC(=O)N(Cc2nc3ccccc3c(=O)[nH]2)C(C)C)c1. The summed E-state index contributed by atoms with van der Waals surface area (Å²) in [5.74, 6) is 1.33. The number of fused-ring (bicyclic) bond motifs is 1. The standard InChI is InChI=1S/C23H27N3O3/c1-16(2)26(15-21-24-20-11-5-4-10-19(20)23(28)25-21)22(27)12-7-13-29-18-9-6-8-17(3)14-18/h4-6,8-11,14,16H,7,12-13,15H2,1-3H3,(H,24,25,28). The first kappa shape index (κ1) is 20.6. The van der Waals surface area contributed by atoms with Crippen molar-refractivity contribution in [1.82, 2.24) is 14.9 Å². The lowest BCUT2D eigenvalue weighted by atomic mass is 10.2. The van der Waals surface area contributed by atoms with Crippen LogP contribution in [0.3, 0.4) is 0 Å². The van der Waals surface area contributed by atoms with Crippen molar-refractivity contribution in [2.24, 2.45) is 0 Å². The number of nitrogens with zero attached hydrogens (tertiary/aromatic N) is 2. The molecular formula is C23H27N3O3. The monoisotopic (exact) mass is 393 g/mol. The number of benzene rings is 2. The molecule has 0 bridgehead atoms. The van der Waals surface area contributed by atoms with Crippen LogP contribution in [0, 0.1) is 6.92 Å². The lowest BCUT2D eigenvalue weighted by Crippen LogP contribution is -2.37. The fourth-order valence-electron chi connectivity index (χ4n) is 3.19. The molecule has 0 aliphatic carbocycles. The maximum atomic E-state index is 12.8. The minimum Gasteiger partial charge on any atom is -0.494 e. The van der Waals surface area contributed by atoms with Gasteiger partial charge in [-0.2, -0.15) is 0 Å². The Morgan fingerprint density at radius 2 is 1.97 bits per heavy atom. The van der Waals surface area contributed by atoms with E-state index >= 15 is 0 Å². The number of carbonyl (C=O) groups excluding carboxylic acids is 1. The Labute approximate surface area is 170 Å². The zero-order chi connectivity index (χ0) is 20.8. The van der Waals surface area contributed by atoms with Crippen LogP contribution in [0.25, 0.3) is 10.9 Å². The van der Waals surface area contributed by atoms with E-state index in [0.717, 1.165) is 11.3 Å². The number of carbonyl (C=O) groups is 1. The van der Waals surface area contributed by atoms with Crippen molar-refractivity contribution in [3.05, 3.63) is 70.3 Å². The molecule has 1 heterocycles. The average Bonchev–Trinajstić information content (AvgIpc) is 2.69. The molecule has 0 radical (unpaired) electrons. The Balaban J connectivity index is 1.60. The zero-order valence-electron chi connectivity index (χ0n) is 17.1. The summed E-state index contributed by atoms with van der Waals surface area (Å²) < 4.78 is 5.73. The van der Waals surface area contributed by atoms with E-state index in [1.54, 1.807) is 17.0 Å². The molecule has 0 atom stereocenters. The summed E-state index contributed by atoms with van der Waals surface area (Å²) in [5, 5.41) is 0.548. The lowest BCUT2D eigenvalue weighted by Gasteiger charge is -2.26. The Hall–Kier alpha value is -3.15. The molecule has 2 aromatic carbocycles. The molecule has 0 spiro atoms. The molecule has 6 heteroatoms. The van der Waals surface area contributed by atoms with Gasteiger partial charge in [0.2, 0.25) is 5.91 Å². The first-order chi connectivity index (χ1) is 13.9. The predicted octanol–water partition coefficient (Wildman–Crippen LogP) is 3.83. The molecule has 0 aliphatic heterocycles.